The van der Waals surface area contributed by atoms with Crippen molar-refractivity contribution in [3.05, 3.63) is 42.2 Å². The lowest BCUT2D eigenvalue weighted by Gasteiger charge is -2.13. The van der Waals surface area contributed by atoms with E-state index in [1.807, 2.05) is 43.3 Å². The second-order valence-electron chi connectivity index (χ2n) is 5.58. The maximum Gasteiger partial charge on any atom is 0.270 e. The number of hydrogen-bond donors (Lipinski definition) is 2. The number of carbonyl (C=O) groups is 1. The predicted molar refractivity (Wildman–Crippen MR) is 86.6 cm³/mol. The van der Waals surface area contributed by atoms with Crippen molar-refractivity contribution in [1.82, 2.24) is 15.3 Å². The Hall–Kier alpha value is -2.63. The molecule has 1 amide bonds. The van der Waals surface area contributed by atoms with Crippen LogP contribution in [0.25, 0.3) is 0 Å². The van der Waals surface area contributed by atoms with Crippen molar-refractivity contribution in [3.8, 4) is 0 Å². The van der Waals surface area contributed by atoms with Gasteiger partial charge in [-0.15, -0.1) is 0 Å². The Kier molecular flexibility index (Phi) is 3.91. The Labute approximate surface area is 129 Å². The number of anilines is 3. The number of amides is 1. The normalized spacial score (nSPS) is 13.5. The lowest BCUT2D eigenvalue weighted by atomic mass is 10.2. The zero-order chi connectivity index (χ0) is 15.5. The van der Waals surface area contributed by atoms with Crippen molar-refractivity contribution in [2.75, 3.05) is 24.3 Å². The summed E-state index contributed by atoms with van der Waals surface area (Å²) in [6.07, 6.45) is 3.70. The third-order valence-electron chi connectivity index (χ3n) is 3.44. The van der Waals surface area contributed by atoms with E-state index in [4.69, 9.17) is 0 Å². The summed E-state index contributed by atoms with van der Waals surface area (Å²) in [5.41, 5.74) is 2.38. The number of carbonyl (C=O) groups excluding carboxylic acids is 1. The van der Waals surface area contributed by atoms with Gasteiger partial charge in [-0.25, -0.2) is 9.97 Å². The monoisotopic (exact) mass is 297 g/mol. The molecule has 1 saturated carbocycles. The average molecular weight is 297 g/mol. The summed E-state index contributed by atoms with van der Waals surface area (Å²) >= 11 is 0. The fourth-order valence-corrected chi connectivity index (χ4v) is 2.00. The van der Waals surface area contributed by atoms with Gasteiger partial charge in [-0.1, -0.05) is 0 Å². The molecule has 0 saturated heterocycles. The first kappa shape index (κ1) is 14.3. The minimum absolute atomic E-state index is 0.143. The quantitative estimate of drug-likeness (QED) is 0.885. The van der Waals surface area contributed by atoms with Gasteiger partial charge < -0.3 is 15.5 Å². The predicted octanol–water partition coefficient (Wildman–Crippen LogP) is 2.18. The van der Waals surface area contributed by atoms with E-state index in [1.54, 1.807) is 12.3 Å². The maximum absolute atomic E-state index is 12.0. The van der Waals surface area contributed by atoms with E-state index in [9.17, 15) is 4.79 Å². The second-order valence-corrected chi connectivity index (χ2v) is 5.58. The third-order valence-corrected chi connectivity index (χ3v) is 3.44. The van der Waals surface area contributed by atoms with E-state index in [0.717, 1.165) is 24.2 Å². The van der Waals surface area contributed by atoms with Crippen molar-refractivity contribution >= 4 is 23.2 Å². The van der Waals surface area contributed by atoms with Gasteiger partial charge in [-0.2, -0.15) is 0 Å². The molecule has 0 unspecified atom stereocenters. The summed E-state index contributed by atoms with van der Waals surface area (Å²) in [6, 6.07) is 9.86. The fourth-order valence-electron chi connectivity index (χ4n) is 2.00. The van der Waals surface area contributed by atoms with Crippen LogP contribution in [0.3, 0.4) is 0 Å². The highest BCUT2D eigenvalue weighted by Crippen LogP contribution is 2.20. The van der Waals surface area contributed by atoms with Crippen LogP contribution in [0, 0.1) is 0 Å². The van der Waals surface area contributed by atoms with Gasteiger partial charge in [0, 0.05) is 37.7 Å². The summed E-state index contributed by atoms with van der Waals surface area (Å²) in [7, 11) is 3.99. The molecule has 0 atom stereocenters. The molecule has 0 radical (unpaired) electrons. The Bertz CT molecular complexity index is 664. The van der Waals surface area contributed by atoms with Crippen LogP contribution in [0.4, 0.5) is 17.3 Å². The summed E-state index contributed by atoms with van der Waals surface area (Å²) in [5, 5.41) is 6.03. The molecule has 6 heteroatoms. The van der Waals surface area contributed by atoms with Crippen molar-refractivity contribution in [2.24, 2.45) is 0 Å². The van der Waals surface area contributed by atoms with E-state index in [1.165, 1.54) is 0 Å². The standard InChI is InChI=1S/C16H19N5O/c1-21(2)13-7-5-12(6-8-13)19-16-17-10-9-14(20-16)15(22)18-11-3-4-11/h5-11H,3-4H2,1-2H3,(H,18,22)(H,17,19,20). The number of hydrogen-bond acceptors (Lipinski definition) is 5. The van der Waals surface area contributed by atoms with E-state index in [-0.39, 0.29) is 5.91 Å². The van der Waals surface area contributed by atoms with Crippen LogP contribution in [-0.2, 0) is 0 Å². The van der Waals surface area contributed by atoms with Crippen LogP contribution in [0.2, 0.25) is 0 Å². The van der Waals surface area contributed by atoms with Gasteiger partial charge in [0.05, 0.1) is 0 Å². The summed E-state index contributed by atoms with van der Waals surface area (Å²) in [5.74, 6) is 0.275. The van der Waals surface area contributed by atoms with Gasteiger partial charge in [0.15, 0.2) is 0 Å². The van der Waals surface area contributed by atoms with Crippen LogP contribution < -0.4 is 15.5 Å². The number of nitrogens with one attached hydrogen (secondary N) is 2. The first-order valence-corrected chi connectivity index (χ1v) is 7.30. The van der Waals surface area contributed by atoms with Gasteiger partial charge in [-0.05, 0) is 43.2 Å². The lowest BCUT2D eigenvalue weighted by Crippen LogP contribution is -2.26. The molecule has 3 rings (SSSR count). The minimum Gasteiger partial charge on any atom is -0.378 e. The Morgan fingerprint density at radius 1 is 1.18 bits per heavy atom. The molecule has 6 nitrogen and oxygen atoms in total. The highest BCUT2D eigenvalue weighted by atomic mass is 16.2. The molecule has 1 aromatic carbocycles. The van der Waals surface area contributed by atoms with Crippen molar-refractivity contribution in [1.29, 1.82) is 0 Å². The van der Waals surface area contributed by atoms with E-state index in [0.29, 0.717) is 17.7 Å². The minimum atomic E-state index is -0.143. The van der Waals surface area contributed by atoms with E-state index >= 15 is 0 Å². The molecular weight excluding hydrogens is 278 g/mol. The van der Waals surface area contributed by atoms with Crippen molar-refractivity contribution in [2.45, 2.75) is 18.9 Å². The molecule has 1 aromatic heterocycles. The topological polar surface area (TPSA) is 70.2 Å². The van der Waals surface area contributed by atoms with Gasteiger partial charge in [0.1, 0.15) is 5.69 Å². The maximum atomic E-state index is 12.0. The summed E-state index contributed by atoms with van der Waals surface area (Å²) < 4.78 is 0. The second kappa shape index (κ2) is 6.01. The molecule has 0 spiro atoms. The molecule has 22 heavy (non-hydrogen) atoms. The lowest BCUT2D eigenvalue weighted by molar-refractivity contribution is 0.0946. The molecular formula is C16H19N5O. The van der Waals surface area contributed by atoms with Gasteiger partial charge in [0.25, 0.3) is 5.91 Å². The van der Waals surface area contributed by atoms with Crippen LogP contribution in [-0.4, -0.2) is 36.0 Å². The molecule has 1 fully saturated rings. The highest BCUT2D eigenvalue weighted by Gasteiger charge is 2.24. The highest BCUT2D eigenvalue weighted by molar-refractivity contribution is 5.92. The molecule has 1 heterocycles. The van der Waals surface area contributed by atoms with Gasteiger partial charge in [-0.3, -0.25) is 4.79 Å². The third kappa shape index (κ3) is 3.52. The SMILES string of the molecule is CN(C)c1ccc(Nc2nccc(C(=O)NC3CC3)n2)cc1. The fraction of sp³-hybridized carbons (Fsp3) is 0.312. The van der Waals surface area contributed by atoms with Crippen LogP contribution in [0.1, 0.15) is 23.3 Å². The first-order valence-electron chi connectivity index (χ1n) is 7.30. The van der Waals surface area contributed by atoms with Crippen LogP contribution in [0.5, 0.6) is 0 Å². The van der Waals surface area contributed by atoms with Gasteiger partial charge >= 0.3 is 0 Å². The molecule has 1 aliphatic carbocycles. The average Bonchev–Trinajstić information content (AvgIpc) is 3.32. The molecule has 0 bridgehead atoms. The smallest absolute Gasteiger partial charge is 0.270 e. The Balaban J connectivity index is 1.70. The van der Waals surface area contributed by atoms with E-state index < -0.39 is 0 Å². The first-order chi connectivity index (χ1) is 10.6. The van der Waals surface area contributed by atoms with Crippen molar-refractivity contribution < 1.29 is 4.79 Å². The zero-order valence-corrected chi connectivity index (χ0v) is 12.7. The zero-order valence-electron chi connectivity index (χ0n) is 12.7. The Morgan fingerprint density at radius 2 is 1.91 bits per heavy atom. The number of benzene rings is 1. The van der Waals surface area contributed by atoms with Crippen molar-refractivity contribution in [3.63, 3.8) is 0 Å². The molecule has 2 aromatic rings. The van der Waals surface area contributed by atoms with Crippen LogP contribution in [0.15, 0.2) is 36.5 Å². The molecule has 2 N–H and O–H groups in total. The summed E-state index contributed by atoms with van der Waals surface area (Å²) in [4.78, 5) is 22.4. The van der Waals surface area contributed by atoms with Crippen LogP contribution >= 0.6 is 0 Å². The summed E-state index contributed by atoms with van der Waals surface area (Å²) in [6.45, 7) is 0. The van der Waals surface area contributed by atoms with Gasteiger partial charge in [0.2, 0.25) is 5.95 Å². The molecule has 1 aliphatic rings. The van der Waals surface area contributed by atoms with E-state index in [2.05, 4.69) is 20.6 Å². The number of nitrogens with zero attached hydrogens (tertiary/aromatic N) is 3. The largest absolute Gasteiger partial charge is 0.378 e. The number of aromatic nitrogens is 2. The molecule has 0 aliphatic heterocycles. The Morgan fingerprint density at radius 3 is 2.55 bits per heavy atom. The molecule has 114 valence electrons. The number of rotatable bonds is 5.